The van der Waals surface area contributed by atoms with Crippen LogP contribution in [0.5, 0.6) is 0 Å². The number of aryl methyl sites for hydroxylation is 1. The summed E-state index contributed by atoms with van der Waals surface area (Å²) in [7, 11) is -4.17. The molecular formula is C30H35ClFN3O4S. The van der Waals surface area contributed by atoms with Gasteiger partial charge in [-0.05, 0) is 80.8 Å². The zero-order chi connectivity index (χ0) is 29.4. The third-order valence-electron chi connectivity index (χ3n) is 6.66. The van der Waals surface area contributed by atoms with E-state index in [-0.39, 0.29) is 29.1 Å². The second-order valence-electron chi connectivity index (χ2n) is 9.69. The van der Waals surface area contributed by atoms with Gasteiger partial charge in [0.25, 0.3) is 10.0 Å². The third kappa shape index (κ3) is 7.82. The highest BCUT2D eigenvalue weighted by molar-refractivity contribution is 7.92. The lowest BCUT2D eigenvalue weighted by molar-refractivity contribution is -0.140. The van der Waals surface area contributed by atoms with E-state index in [2.05, 4.69) is 5.32 Å². The standard InChI is InChI=1S/C30H35ClFN3O4S/c1-5-22(4)33-30(37)28(6-2)34(19-23-9-13-25(32)14-10-23)29(36)20-35(26-15-11-24(31)12-16-26)40(38,39)27-17-7-21(3)8-18-27/h7-18,22,28H,5-6,19-20H2,1-4H3,(H,33,37)/t22-,28+/m0/s1. The third-order valence-corrected chi connectivity index (χ3v) is 8.70. The molecule has 0 aliphatic rings. The first-order valence-corrected chi connectivity index (χ1v) is 15.0. The summed E-state index contributed by atoms with van der Waals surface area (Å²) in [4.78, 5) is 28.6. The van der Waals surface area contributed by atoms with Crippen LogP contribution in [0.25, 0.3) is 0 Å². The number of carbonyl (C=O) groups excluding carboxylic acids is 2. The summed E-state index contributed by atoms with van der Waals surface area (Å²) < 4.78 is 42.3. The average molecular weight is 588 g/mol. The quantitative estimate of drug-likeness (QED) is 0.294. The van der Waals surface area contributed by atoms with Gasteiger partial charge >= 0.3 is 0 Å². The Hall–Kier alpha value is -3.43. The number of nitrogens with zero attached hydrogens (tertiary/aromatic N) is 2. The fourth-order valence-corrected chi connectivity index (χ4v) is 5.66. The minimum atomic E-state index is -4.17. The van der Waals surface area contributed by atoms with Crippen LogP contribution in [0.1, 0.15) is 44.7 Å². The molecule has 3 aromatic carbocycles. The molecule has 0 aliphatic carbocycles. The number of carbonyl (C=O) groups is 2. The predicted octanol–water partition coefficient (Wildman–Crippen LogP) is 5.70. The smallest absolute Gasteiger partial charge is 0.264 e. The van der Waals surface area contributed by atoms with Crippen molar-refractivity contribution in [2.24, 2.45) is 0 Å². The van der Waals surface area contributed by atoms with Gasteiger partial charge in [0.05, 0.1) is 10.6 Å². The molecule has 0 saturated carbocycles. The van der Waals surface area contributed by atoms with Crippen LogP contribution < -0.4 is 9.62 Å². The van der Waals surface area contributed by atoms with E-state index in [1.54, 1.807) is 31.2 Å². The van der Waals surface area contributed by atoms with E-state index in [9.17, 15) is 22.4 Å². The minimum Gasteiger partial charge on any atom is -0.352 e. The van der Waals surface area contributed by atoms with Crippen LogP contribution in [0.15, 0.2) is 77.7 Å². The number of nitrogens with one attached hydrogen (secondary N) is 1. The molecule has 214 valence electrons. The van der Waals surface area contributed by atoms with E-state index in [4.69, 9.17) is 11.6 Å². The molecule has 0 saturated heterocycles. The first-order chi connectivity index (χ1) is 19.0. The topological polar surface area (TPSA) is 86.8 Å². The van der Waals surface area contributed by atoms with Gasteiger partial charge in [0.15, 0.2) is 0 Å². The van der Waals surface area contributed by atoms with Crippen molar-refractivity contribution in [3.05, 3.63) is 94.8 Å². The fraction of sp³-hybridized carbons (Fsp3) is 0.333. The van der Waals surface area contributed by atoms with Crippen LogP contribution in [0.4, 0.5) is 10.1 Å². The maximum absolute atomic E-state index is 14.0. The molecule has 1 N–H and O–H groups in total. The number of hydrogen-bond donors (Lipinski definition) is 1. The van der Waals surface area contributed by atoms with Crippen molar-refractivity contribution >= 4 is 39.1 Å². The van der Waals surface area contributed by atoms with Gasteiger partial charge in [-0.15, -0.1) is 0 Å². The number of hydrogen-bond acceptors (Lipinski definition) is 4. The summed E-state index contributed by atoms with van der Waals surface area (Å²) in [5, 5.41) is 3.33. The zero-order valence-electron chi connectivity index (χ0n) is 23.1. The molecule has 2 atom stereocenters. The van der Waals surface area contributed by atoms with Crippen molar-refractivity contribution in [2.45, 2.75) is 64.1 Å². The average Bonchev–Trinajstić information content (AvgIpc) is 2.93. The van der Waals surface area contributed by atoms with Crippen molar-refractivity contribution in [1.29, 1.82) is 0 Å². The minimum absolute atomic E-state index is 0.00934. The molecule has 3 aromatic rings. The van der Waals surface area contributed by atoms with E-state index in [0.717, 1.165) is 9.87 Å². The van der Waals surface area contributed by atoms with Gasteiger partial charge < -0.3 is 10.2 Å². The summed E-state index contributed by atoms with van der Waals surface area (Å²) >= 11 is 6.06. The molecule has 0 unspecified atom stereocenters. The predicted molar refractivity (Wildman–Crippen MR) is 156 cm³/mol. The van der Waals surface area contributed by atoms with Crippen molar-refractivity contribution in [3.63, 3.8) is 0 Å². The summed E-state index contributed by atoms with van der Waals surface area (Å²) in [6, 6.07) is 17.1. The largest absolute Gasteiger partial charge is 0.352 e. The number of halogens is 2. The molecule has 0 fully saturated rings. The molecule has 40 heavy (non-hydrogen) atoms. The molecule has 0 radical (unpaired) electrons. The van der Waals surface area contributed by atoms with Crippen molar-refractivity contribution in [2.75, 3.05) is 10.8 Å². The van der Waals surface area contributed by atoms with E-state index >= 15 is 0 Å². The van der Waals surface area contributed by atoms with Gasteiger partial charge in [-0.25, -0.2) is 12.8 Å². The van der Waals surface area contributed by atoms with Crippen LogP contribution in [0.3, 0.4) is 0 Å². The summed E-state index contributed by atoms with van der Waals surface area (Å²) in [5.74, 6) is -1.35. The molecule has 0 bridgehead atoms. The number of benzene rings is 3. The molecular weight excluding hydrogens is 553 g/mol. The number of rotatable bonds is 12. The maximum Gasteiger partial charge on any atom is 0.264 e. The molecule has 2 amide bonds. The lowest BCUT2D eigenvalue weighted by atomic mass is 10.1. The van der Waals surface area contributed by atoms with Crippen molar-refractivity contribution in [3.8, 4) is 0 Å². The van der Waals surface area contributed by atoms with Crippen LogP contribution in [0, 0.1) is 12.7 Å². The first-order valence-electron chi connectivity index (χ1n) is 13.2. The summed E-state index contributed by atoms with van der Waals surface area (Å²) in [6.07, 6.45) is 0.994. The van der Waals surface area contributed by atoms with Gasteiger partial charge in [-0.1, -0.05) is 55.3 Å². The van der Waals surface area contributed by atoms with E-state index < -0.39 is 34.3 Å². The monoisotopic (exact) mass is 587 g/mol. The van der Waals surface area contributed by atoms with Gasteiger partial charge in [-0.2, -0.15) is 0 Å². The maximum atomic E-state index is 14.0. The lowest BCUT2D eigenvalue weighted by Gasteiger charge is -2.33. The normalized spacial score (nSPS) is 12.8. The van der Waals surface area contributed by atoms with E-state index in [1.165, 1.54) is 53.4 Å². The van der Waals surface area contributed by atoms with Crippen LogP contribution >= 0.6 is 11.6 Å². The van der Waals surface area contributed by atoms with Crippen molar-refractivity contribution < 1.29 is 22.4 Å². The Morgan fingerprint density at radius 3 is 2.08 bits per heavy atom. The van der Waals surface area contributed by atoms with Gasteiger partial charge in [-0.3, -0.25) is 13.9 Å². The molecule has 7 nitrogen and oxygen atoms in total. The Kier molecular flexibility index (Phi) is 10.7. The zero-order valence-corrected chi connectivity index (χ0v) is 24.7. The fourth-order valence-electron chi connectivity index (χ4n) is 4.12. The van der Waals surface area contributed by atoms with Crippen LogP contribution in [-0.2, 0) is 26.2 Å². The molecule has 0 heterocycles. The molecule has 0 aliphatic heterocycles. The highest BCUT2D eigenvalue weighted by Gasteiger charge is 2.34. The Bertz CT molecular complexity index is 1400. The number of amides is 2. The summed E-state index contributed by atoms with van der Waals surface area (Å²) in [6.45, 7) is 6.86. The van der Waals surface area contributed by atoms with E-state index in [1.807, 2.05) is 20.8 Å². The Balaban J connectivity index is 2.04. The van der Waals surface area contributed by atoms with Gasteiger partial charge in [0, 0.05) is 17.6 Å². The number of anilines is 1. The molecule has 0 spiro atoms. The molecule has 3 rings (SSSR count). The first kappa shape index (κ1) is 31.1. The lowest BCUT2D eigenvalue weighted by Crippen LogP contribution is -2.53. The second kappa shape index (κ2) is 13.8. The Morgan fingerprint density at radius 1 is 0.925 bits per heavy atom. The highest BCUT2D eigenvalue weighted by Crippen LogP contribution is 2.26. The summed E-state index contributed by atoms with van der Waals surface area (Å²) in [5.41, 5.74) is 1.73. The van der Waals surface area contributed by atoms with Gasteiger partial charge in [0.2, 0.25) is 11.8 Å². The molecule has 10 heteroatoms. The Labute approximate surface area is 241 Å². The highest BCUT2D eigenvalue weighted by atomic mass is 35.5. The van der Waals surface area contributed by atoms with Crippen LogP contribution in [-0.4, -0.2) is 43.8 Å². The van der Waals surface area contributed by atoms with Crippen LogP contribution in [0.2, 0.25) is 5.02 Å². The Morgan fingerprint density at radius 2 is 1.52 bits per heavy atom. The SMILES string of the molecule is CC[C@H](C(=O)N[C@@H](C)CC)N(Cc1ccc(F)cc1)C(=O)CN(c1ccc(Cl)cc1)S(=O)(=O)c1ccc(C)cc1. The second-order valence-corrected chi connectivity index (χ2v) is 12.0. The number of sulfonamides is 1. The van der Waals surface area contributed by atoms with E-state index in [0.29, 0.717) is 23.4 Å². The molecule has 0 aromatic heterocycles. The van der Waals surface area contributed by atoms with Crippen molar-refractivity contribution in [1.82, 2.24) is 10.2 Å². The van der Waals surface area contributed by atoms with Gasteiger partial charge in [0.1, 0.15) is 18.4 Å².